The number of rotatable bonds is 6. The van der Waals surface area contributed by atoms with Crippen molar-refractivity contribution >= 4 is 26.9 Å². The summed E-state index contributed by atoms with van der Waals surface area (Å²) in [7, 11) is -3.61. The lowest BCUT2D eigenvalue weighted by molar-refractivity contribution is -0.129. The number of nitrogens with zero attached hydrogens (tertiary/aromatic N) is 2. The molecule has 1 fully saturated rings. The number of carbonyl (C=O) groups excluding carboxylic acids is 1. The summed E-state index contributed by atoms with van der Waals surface area (Å²) < 4.78 is 35.1. The van der Waals surface area contributed by atoms with Crippen molar-refractivity contribution in [3.8, 4) is 0 Å². The minimum atomic E-state index is -3.61. The van der Waals surface area contributed by atoms with E-state index >= 15 is 0 Å². The van der Waals surface area contributed by atoms with Crippen LogP contribution in [0.1, 0.15) is 36.5 Å². The molecule has 3 aromatic rings. The summed E-state index contributed by atoms with van der Waals surface area (Å²) in [5, 5.41) is 1.17. The fraction of sp³-hybridized carbons (Fsp3) is 0.423. The average Bonchev–Trinajstić information content (AvgIpc) is 3.26. The zero-order valence-corrected chi connectivity index (χ0v) is 20.3. The Bertz CT molecular complexity index is 1290. The first-order valence-electron chi connectivity index (χ1n) is 12.0. The molecule has 180 valence electrons. The summed E-state index contributed by atoms with van der Waals surface area (Å²) in [5.41, 5.74) is 3.90. The average molecular weight is 482 g/mol. The van der Waals surface area contributed by atoms with Gasteiger partial charge in [-0.3, -0.25) is 4.79 Å². The van der Waals surface area contributed by atoms with Gasteiger partial charge < -0.3 is 14.2 Å². The van der Waals surface area contributed by atoms with E-state index < -0.39 is 10.0 Å². The molecule has 1 N–H and O–H groups in total. The van der Waals surface area contributed by atoms with E-state index in [2.05, 4.69) is 15.7 Å². The maximum atomic E-state index is 13.3. The second-order valence-electron chi connectivity index (χ2n) is 9.33. The number of hydrogen-bond acceptors (Lipinski definition) is 5. The smallest absolute Gasteiger partial charge is 0.241 e. The Labute approximate surface area is 200 Å². The Balaban J connectivity index is 1.18. The maximum Gasteiger partial charge on any atom is 0.241 e. The predicted octanol–water partition coefficient (Wildman–Crippen LogP) is 3.32. The highest BCUT2D eigenvalue weighted by molar-refractivity contribution is 7.89. The number of furan rings is 1. The van der Waals surface area contributed by atoms with Crippen LogP contribution in [-0.4, -0.2) is 56.3 Å². The van der Waals surface area contributed by atoms with Gasteiger partial charge in [0.2, 0.25) is 15.9 Å². The fourth-order valence-corrected chi connectivity index (χ4v) is 6.77. The molecule has 0 saturated carbocycles. The van der Waals surface area contributed by atoms with Gasteiger partial charge in [-0.1, -0.05) is 30.3 Å². The molecule has 7 nitrogen and oxygen atoms in total. The van der Waals surface area contributed by atoms with Gasteiger partial charge in [0.15, 0.2) is 0 Å². The van der Waals surface area contributed by atoms with Crippen LogP contribution in [-0.2, 0) is 34.2 Å². The van der Waals surface area contributed by atoms with E-state index in [1.807, 2.05) is 30.5 Å². The molecule has 0 atom stereocenters. The van der Waals surface area contributed by atoms with Gasteiger partial charge in [-0.25, -0.2) is 13.1 Å². The third-order valence-corrected chi connectivity index (χ3v) is 8.73. The molecule has 5 rings (SSSR count). The van der Waals surface area contributed by atoms with E-state index in [1.165, 1.54) is 10.9 Å². The number of nitrogens with one attached hydrogen (secondary N) is 1. The lowest BCUT2D eigenvalue weighted by atomic mass is 10.00. The van der Waals surface area contributed by atoms with Gasteiger partial charge in [-0.15, -0.1) is 0 Å². The summed E-state index contributed by atoms with van der Waals surface area (Å²) in [6.45, 7) is 5.24. The lowest BCUT2D eigenvalue weighted by Crippen LogP contribution is -2.45. The molecule has 8 heteroatoms. The molecular weight excluding hydrogens is 450 g/mol. The molecular formula is C26H31N3O4S. The van der Waals surface area contributed by atoms with Crippen molar-refractivity contribution in [2.45, 2.75) is 50.1 Å². The van der Waals surface area contributed by atoms with E-state index in [4.69, 9.17) is 4.42 Å². The van der Waals surface area contributed by atoms with Crippen LogP contribution in [0, 0.1) is 0 Å². The van der Waals surface area contributed by atoms with Crippen molar-refractivity contribution in [2.75, 3.05) is 26.2 Å². The van der Waals surface area contributed by atoms with Crippen LogP contribution in [0.2, 0.25) is 0 Å². The first-order valence-corrected chi connectivity index (χ1v) is 13.4. The van der Waals surface area contributed by atoms with Gasteiger partial charge in [0, 0.05) is 38.0 Å². The van der Waals surface area contributed by atoms with Crippen molar-refractivity contribution in [3.63, 3.8) is 0 Å². The zero-order valence-electron chi connectivity index (χ0n) is 19.5. The number of benzene rings is 2. The lowest BCUT2D eigenvalue weighted by Gasteiger charge is -2.33. The fourth-order valence-electron chi connectivity index (χ4n) is 5.16. The minimum absolute atomic E-state index is 0.0183. The number of para-hydroxylation sites is 1. The Hall–Kier alpha value is -2.68. The van der Waals surface area contributed by atoms with Crippen LogP contribution in [0.25, 0.3) is 11.0 Å². The number of carbonyl (C=O) groups is 1. The molecule has 0 bridgehead atoms. The Morgan fingerprint density at radius 2 is 1.88 bits per heavy atom. The van der Waals surface area contributed by atoms with Crippen LogP contribution >= 0.6 is 0 Å². The molecule has 2 aliphatic rings. The zero-order chi connectivity index (χ0) is 23.7. The predicted molar refractivity (Wildman–Crippen MR) is 131 cm³/mol. The second kappa shape index (κ2) is 9.52. The van der Waals surface area contributed by atoms with Crippen LogP contribution in [0.15, 0.2) is 58.0 Å². The summed E-state index contributed by atoms with van der Waals surface area (Å²) in [6, 6.07) is 13.4. The van der Waals surface area contributed by atoms with Crippen molar-refractivity contribution in [1.82, 2.24) is 14.5 Å². The van der Waals surface area contributed by atoms with Crippen LogP contribution in [0.3, 0.4) is 0 Å². The van der Waals surface area contributed by atoms with Crippen LogP contribution in [0.5, 0.6) is 0 Å². The molecule has 1 amide bonds. The van der Waals surface area contributed by atoms with Crippen molar-refractivity contribution in [3.05, 3.63) is 65.4 Å². The molecule has 34 heavy (non-hydrogen) atoms. The number of fused-ring (bicyclic) bond motifs is 2. The minimum Gasteiger partial charge on any atom is -0.464 e. The van der Waals surface area contributed by atoms with Gasteiger partial charge in [0.25, 0.3) is 0 Å². The maximum absolute atomic E-state index is 13.3. The summed E-state index contributed by atoms with van der Waals surface area (Å²) in [6.07, 6.45) is 4.91. The quantitative estimate of drug-likeness (QED) is 0.584. The van der Waals surface area contributed by atoms with Crippen molar-refractivity contribution in [2.24, 2.45) is 0 Å². The second-order valence-corrected chi connectivity index (χ2v) is 11.0. The van der Waals surface area contributed by atoms with Gasteiger partial charge in [-0.05, 0) is 67.6 Å². The van der Waals surface area contributed by atoms with Crippen LogP contribution in [0.4, 0.5) is 0 Å². The molecule has 2 aliphatic heterocycles. The number of piperidine rings is 1. The summed E-state index contributed by atoms with van der Waals surface area (Å²) in [5.74, 6) is 0.0183. The molecule has 1 aromatic heterocycles. The molecule has 0 spiro atoms. The molecule has 0 radical (unpaired) electrons. The van der Waals surface area contributed by atoms with Gasteiger partial charge in [0.05, 0.1) is 11.2 Å². The third-order valence-electron chi connectivity index (χ3n) is 7.13. The highest BCUT2D eigenvalue weighted by Gasteiger charge is 2.29. The monoisotopic (exact) mass is 481 g/mol. The van der Waals surface area contributed by atoms with Crippen LogP contribution < -0.4 is 4.72 Å². The van der Waals surface area contributed by atoms with Gasteiger partial charge >= 0.3 is 0 Å². The largest absolute Gasteiger partial charge is 0.464 e. The molecule has 1 saturated heterocycles. The highest BCUT2D eigenvalue weighted by Crippen LogP contribution is 2.27. The number of likely N-dealkylation sites (tertiary alicyclic amines) is 1. The van der Waals surface area contributed by atoms with E-state index in [1.54, 1.807) is 24.0 Å². The van der Waals surface area contributed by atoms with E-state index in [0.29, 0.717) is 24.4 Å². The van der Waals surface area contributed by atoms with E-state index in [0.717, 1.165) is 55.6 Å². The molecule has 0 aliphatic carbocycles. The van der Waals surface area contributed by atoms with E-state index in [-0.39, 0.29) is 11.9 Å². The first kappa shape index (κ1) is 23.1. The molecule has 3 heterocycles. The number of amides is 1. The topological polar surface area (TPSA) is 82.9 Å². The Kier molecular flexibility index (Phi) is 6.46. The standard InChI is InChI=1S/C26H31N3O4S/c1-19(30)29-16-12-24-20(17-29)5-4-8-26(24)34(31,32)27-22-10-14-28(15-11-22)13-9-21-18-33-25-7-3-2-6-23(21)25/h2-8,18,22,27H,9-17H2,1H3. The summed E-state index contributed by atoms with van der Waals surface area (Å²) in [4.78, 5) is 16.3. The van der Waals surface area contributed by atoms with Gasteiger partial charge in [-0.2, -0.15) is 0 Å². The van der Waals surface area contributed by atoms with Gasteiger partial charge in [0.1, 0.15) is 5.58 Å². The number of sulfonamides is 1. The SMILES string of the molecule is CC(=O)N1CCc2c(cccc2S(=O)(=O)NC2CCN(CCc3coc4ccccc34)CC2)C1. The van der Waals surface area contributed by atoms with Crippen molar-refractivity contribution < 1.29 is 17.6 Å². The van der Waals surface area contributed by atoms with Crippen molar-refractivity contribution in [1.29, 1.82) is 0 Å². The molecule has 0 unspecified atom stereocenters. The highest BCUT2D eigenvalue weighted by atomic mass is 32.2. The first-order chi connectivity index (χ1) is 16.4. The Morgan fingerprint density at radius 1 is 1.09 bits per heavy atom. The molecule has 2 aromatic carbocycles. The van der Waals surface area contributed by atoms with E-state index in [9.17, 15) is 13.2 Å². The normalized spacial score (nSPS) is 17.7. The summed E-state index contributed by atoms with van der Waals surface area (Å²) >= 11 is 0. The number of hydrogen-bond donors (Lipinski definition) is 1. The third kappa shape index (κ3) is 4.76. The Morgan fingerprint density at radius 3 is 2.68 bits per heavy atom.